The number of rotatable bonds is 8. The van der Waals surface area contributed by atoms with Crippen molar-refractivity contribution in [1.29, 1.82) is 0 Å². The number of anilines is 1. The van der Waals surface area contributed by atoms with Crippen LogP contribution in [-0.2, 0) is 15.3 Å². The van der Waals surface area contributed by atoms with E-state index in [1.54, 1.807) is 12.1 Å². The fourth-order valence-corrected chi connectivity index (χ4v) is 4.15. The smallest absolute Gasteiger partial charge is 0.227 e. The molecule has 0 atom stereocenters. The molecule has 0 aromatic heterocycles. The molecule has 1 fully saturated rings. The van der Waals surface area contributed by atoms with Gasteiger partial charge in [0, 0.05) is 34.9 Å². The number of carbonyl (C=O) groups excluding carboxylic acids is 1. The lowest BCUT2D eigenvalue weighted by atomic mass is 10.2. The molecule has 1 aliphatic rings. The van der Waals surface area contributed by atoms with Crippen LogP contribution < -0.4 is 10.1 Å². The normalized spacial score (nSPS) is 14.7. The Balaban J connectivity index is 1.42. The van der Waals surface area contributed by atoms with Gasteiger partial charge in [0.1, 0.15) is 5.75 Å². The van der Waals surface area contributed by atoms with Crippen LogP contribution in [0.15, 0.2) is 48.5 Å². The van der Waals surface area contributed by atoms with Crippen LogP contribution >= 0.6 is 23.4 Å². The molecule has 0 unspecified atom stereocenters. The van der Waals surface area contributed by atoms with E-state index in [0.717, 1.165) is 37.5 Å². The summed E-state index contributed by atoms with van der Waals surface area (Å²) in [5.41, 5.74) is 2.05. The molecule has 4 nitrogen and oxygen atoms in total. The SMILES string of the molecule is O=C(CCOc1cccc(Cl)c1)Nc1cccc(CSC2CCOCC2)c1. The fourth-order valence-electron chi connectivity index (χ4n) is 2.84. The summed E-state index contributed by atoms with van der Waals surface area (Å²) in [6.45, 7) is 2.04. The van der Waals surface area contributed by atoms with Crippen LogP contribution in [0.1, 0.15) is 24.8 Å². The number of benzene rings is 2. The molecule has 0 aliphatic carbocycles. The van der Waals surface area contributed by atoms with Crippen LogP contribution in [-0.4, -0.2) is 31.0 Å². The number of hydrogen-bond acceptors (Lipinski definition) is 4. The summed E-state index contributed by atoms with van der Waals surface area (Å²) in [6, 6.07) is 15.2. The molecule has 1 amide bonds. The van der Waals surface area contributed by atoms with Crippen molar-refractivity contribution in [3.63, 3.8) is 0 Å². The van der Waals surface area contributed by atoms with Gasteiger partial charge in [0.05, 0.1) is 13.0 Å². The van der Waals surface area contributed by atoms with Crippen LogP contribution in [0.4, 0.5) is 5.69 Å². The van der Waals surface area contributed by atoms with Crippen molar-refractivity contribution in [2.45, 2.75) is 30.3 Å². The molecular weight excluding hydrogens is 382 g/mol. The molecule has 1 saturated heterocycles. The van der Waals surface area contributed by atoms with Gasteiger partial charge >= 0.3 is 0 Å². The van der Waals surface area contributed by atoms with Gasteiger partial charge in [-0.15, -0.1) is 0 Å². The molecule has 2 aromatic rings. The lowest BCUT2D eigenvalue weighted by molar-refractivity contribution is -0.116. The maximum Gasteiger partial charge on any atom is 0.227 e. The molecule has 27 heavy (non-hydrogen) atoms. The van der Waals surface area contributed by atoms with E-state index in [0.29, 0.717) is 22.6 Å². The highest BCUT2D eigenvalue weighted by Crippen LogP contribution is 2.26. The monoisotopic (exact) mass is 405 g/mol. The zero-order valence-electron chi connectivity index (χ0n) is 15.2. The van der Waals surface area contributed by atoms with E-state index >= 15 is 0 Å². The first-order valence-corrected chi connectivity index (χ1v) is 10.6. The molecule has 0 radical (unpaired) electrons. The summed E-state index contributed by atoms with van der Waals surface area (Å²) in [5, 5.41) is 4.23. The molecule has 1 aliphatic heterocycles. The van der Waals surface area contributed by atoms with E-state index in [2.05, 4.69) is 11.4 Å². The van der Waals surface area contributed by atoms with Gasteiger partial charge in [0.15, 0.2) is 0 Å². The van der Waals surface area contributed by atoms with Crippen LogP contribution in [0.5, 0.6) is 5.75 Å². The summed E-state index contributed by atoms with van der Waals surface area (Å²) in [7, 11) is 0. The maximum atomic E-state index is 12.1. The highest BCUT2D eigenvalue weighted by molar-refractivity contribution is 7.99. The summed E-state index contributed by atoms with van der Waals surface area (Å²) < 4.78 is 11.0. The molecule has 2 aromatic carbocycles. The van der Waals surface area contributed by atoms with Gasteiger partial charge in [-0.05, 0) is 48.7 Å². The molecule has 1 N–H and O–H groups in total. The Kier molecular flexibility index (Phi) is 7.87. The third-order valence-electron chi connectivity index (χ3n) is 4.26. The van der Waals surface area contributed by atoms with Crippen molar-refractivity contribution in [3.8, 4) is 5.75 Å². The number of hydrogen-bond donors (Lipinski definition) is 1. The maximum absolute atomic E-state index is 12.1. The predicted octanol–water partition coefficient (Wildman–Crippen LogP) is 5.16. The highest BCUT2D eigenvalue weighted by Gasteiger charge is 2.14. The Bertz CT molecular complexity index is 750. The van der Waals surface area contributed by atoms with Gasteiger partial charge in [-0.1, -0.05) is 29.8 Å². The Morgan fingerprint density at radius 1 is 1.19 bits per heavy atom. The summed E-state index contributed by atoms with van der Waals surface area (Å²) in [4.78, 5) is 12.1. The van der Waals surface area contributed by atoms with Gasteiger partial charge in [-0.25, -0.2) is 0 Å². The van der Waals surface area contributed by atoms with Crippen molar-refractivity contribution in [2.24, 2.45) is 0 Å². The number of nitrogens with one attached hydrogen (secondary N) is 1. The van der Waals surface area contributed by atoms with Crippen LogP contribution in [0.25, 0.3) is 0 Å². The Morgan fingerprint density at radius 2 is 2.00 bits per heavy atom. The van der Waals surface area contributed by atoms with Crippen molar-refractivity contribution in [3.05, 3.63) is 59.1 Å². The lowest BCUT2D eigenvalue weighted by Crippen LogP contribution is -2.17. The number of amides is 1. The highest BCUT2D eigenvalue weighted by atomic mass is 35.5. The van der Waals surface area contributed by atoms with E-state index in [1.807, 2.05) is 42.1 Å². The van der Waals surface area contributed by atoms with Gasteiger partial charge < -0.3 is 14.8 Å². The fraction of sp³-hybridized carbons (Fsp3) is 0.381. The van der Waals surface area contributed by atoms with Crippen molar-refractivity contribution >= 4 is 35.0 Å². The average molecular weight is 406 g/mol. The van der Waals surface area contributed by atoms with Gasteiger partial charge in [0.25, 0.3) is 0 Å². The zero-order valence-corrected chi connectivity index (χ0v) is 16.7. The van der Waals surface area contributed by atoms with Crippen molar-refractivity contribution < 1.29 is 14.3 Å². The molecule has 6 heteroatoms. The predicted molar refractivity (Wildman–Crippen MR) is 112 cm³/mol. The molecule has 0 spiro atoms. The first-order valence-electron chi connectivity index (χ1n) is 9.15. The molecular formula is C21H24ClNO3S. The van der Waals surface area contributed by atoms with Gasteiger partial charge in [-0.3, -0.25) is 4.79 Å². The second-order valence-electron chi connectivity index (χ2n) is 6.43. The van der Waals surface area contributed by atoms with Crippen LogP contribution in [0.3, 0.4) is 0 Å². The van der Waals surface area contributed by atoms with E-state index in [9.17, 15) is 4.79 Å². The van der Waals surface area contributed by atoms with Crippen molar-refractivity contribution in [2.75, 3.05) is 25.1 Å². The molecule has 1 heterocycles. The summed E-state index contributed by atoms with van der Waals surface area (Å²) in [5.74, 6) is 1.56. The van der Waals surface area contributed by atoms with Crippen LogP contribution in [0, 0.1) is 0 Å². The first kappa shape index (κ1) is 20.1. The van der Waals surface area contributed by atoms with Crippen LogP contribution in [0.2, 0.25) is 5.02 Å². The Morgan fingerprint density at radius 3 is 2.81 bits per heavy atom. The standard InChI is InChI=1S/C21H24ClNO3S/c22-17-4-2-6-19(14-17)26-12-9-21(24)23-18-5-1-3-16(13-18)15-27-20-7-10-25-11-8-20/h1-6,13-14,20H,7-12,15H2,(H,23,24). The third kappa shape index (κ3) is 7.09. The second-order valence-corrected chi connectivity index (χ2v) is 8.15. The van der Waals surface area contributed by atoms with E-state index in [-0.39, 0.29) is 12.3 Å². The molecule has 0 bridgehead atoms. The van der Waals surface area contributed by atoms with E-state index in [4.69, 9.17) is 21.1 Å². The molecule has 0 saturated carbocycles. The minimum Gasteiger partial charge on any atom is -0.493 e. The molecule has 144 valence electrons. The minimum atomic E-state index is -0.0636. The third-order valence-corrected chi connectivity index (χ3v) is 5.94. The minimum absolute atomic E-state index is 0.0636. The lowest BCUT2D eigenvalue weighted by Gasteiger charge is -2.21. The number of ether oxygens (including phenoxy) is 2. The number of halogens is 1. The Hall–Kier alpha value is -1.69. The van der Waals surface area contributed by atoms with Crippen molar-refractivity contribution in [1.82, 2.24) is 0 Å². The first-order chi connectivity index (χ1) is 13.2. The Labute approximate surface area is 169 Å². The number of carbonyl (C=O) groups is 1. The van der Waals surface area contributed by atoms with E-state index in [1.165, 1.54) is 5.56 Å². The second kappa shape index (κ2) is 10.6. The summed E-state index contributed by atoms with van der Waals surface area (Å²) in [6.07, 6.45) is 2.52. The topological polar surface area (TPSA) is 47.6 Å². The zero-order chi connectivity index (χ0) is 18.9. The average Bonchev–Trinajstić information content (AvgIpc) is 2.68. The molecule has 3 rings (SSSR count). The quantitative estimate of drug-likeness (QED) is 0.658. The van der Waals surface area contributed by atoms with Gasteiger partial charge in [-0.2, -0.15) is 11.8 Å². The summed E-state index contributed by atoms with van der Waals surface area (Å²) >= 11 is 7.88. The van der Waals surface area contributed by atoms with E-state index < -0.39 is 0 Å². The largest absolute Gasteiger partial charge is 0.493 e. The van der Waals surface area contributed by atoms with Gasteiger partial charge in [0.2, 0.25) is 5.91 Å². The number of thioether (sulfide) groups is 1.